The third-order valence-electron chi connectivity index (χ3n) is 18.1. The molecule has 6 aliphatic heterocycles. The third kappa shape index (κ3) is 10.1. The number of piperazine rings is 1. The average Bonchev–Trinajstić information content (AvgIpc) is 4.13. The predicted molar refractivity (Wildman–Crippen MR) is 290 cm³/mol. The average molecular weight is 1050 g/mol. The maximum absolute atomic E-state index is 17.2. The molecule has 6 saturated heterocycles. The maximum Gasteiger partial charge on any atom is 0.319 e. The minimum atomic E-state index is -0.744. The number of ether oxygens (including phenoxy) is 1. The van der Waals surface area contributed by atoms with Crippen LogP contribution >= 0.6 is 0 Å². The summed E-state index contributed by atoms with van der Waals surface area (Å²) in [6.45, 7) is 7.82. The Labute approximate surface area is 447 Å². The number of carbonyl (C=O) groups is 3. The number of phenolic OH excluding ortho intramolecular Hbond substituents is 1. The molecule has 1 aliphatic carbocycles. The van der Waals surface area contributed by atoms with Crippen LogP contribution in [0.3, 0.4) is 0 Å². The molecule has 7 aliphatic rings. The Balaban J connectivity index is 0.649. The van der Waals surface area contributed by atoms with E-state index in [-0.39, 0.29) is 86.8 Å². The van der Waals surface area contributed by atoms with Gasteiger partial charge in [0.1, 0.15) is 28.6 Å². The van der Waals surface area contributed by atoms with Gasteiger partial charge in [0.15, 0.2) is 5.82 Å². The van der Waals surface area contributed by atoms with Crippen LogP contribution < -0.4 is 25.6 Å². The van der Waals surface area contributed by atoms with Crippen LogP contribution in [0.4, 0.5) is 20.3 Å². The molecule has 5 aromatic rings. The molecule has 18 heteroatoms. The summed E-state index contributed by atoms with van der Waals surface area (Å²) in [6, 6.07) is 12.8. The number of imide groups is 1. The van der Waals surface area contributed by atoms with Crippen molar-refractivity contribution in [1.82, 2.24) is 40.3 Å². The molecule has 12 rings (SSSR count). The van der Waals surface area contributed by atoms with Crippen molar-refractivity contribution >= 4 is 56.6 Å². The van der Waals surface area contributed by atoms with E-state index in [0.29, 0.717) is 60.2 Å². The topological polar surface area (TPSA) is 192 Å². The largest absolute Gasteiger partial charge is 0.508 e. The smallest absolute Gasteiger partial charge is 0.319 e. The first-order valence-corrected chi connectivity index (χ1v) is 27.8. The molecule has 8 heterocycles. The molecule has 0 radical (unpaired) electrons. The summed E-state index contributed by atoms with van der Waals surface area (Å²) < 4.78 is 38.8. The van der Waals surface area contributed by atoms with Crippen LogP contribution in [0.1, 0.15) is 99.7 Å². The zero-order valence-electron chi connectivity index (χ0n) is 43.7. The molecule has 402 valence electrons. The monoisotopic (exact) mass is 1050 g/mol. The third-order valence-corrected chi connectivity index (χ3v) is 18.1. The molecule has 2 bridgehead atoms. The number of piperidine rings is 4. The number of phenols is 1. The van der Waals surface area contributed by atoms with E-state index in [1.807, 2.05) is 13.1 Å². The van der Waals surface area contributed by atoms with Crippen molar-refractivity contribution in [3.63, 3.8) is 0 Å². The van der Waals surface area contributed by atoms with E-state index in [1.165, 1.54) is 29.8 Å². The number of terminal acetylenes is 1. The molecular weight excluding hydrogens is 981 g/mol. The molecule has 3 atom stereocenters. The van der Waals surface area contributed by atoms with Crippen molar-refractivity contribution in [2.24, 2.45) is 17.3 Å². The molecule has 2 aromatic heterocycles. The molecule has 1 saturated carbocycles. The first kappa shape index (κ1) is 51.0. The van der Waals surface area contributed by atoms with Crippen molar-refractivity contribution in [2.45, 2.75) is 101 Å². The Hall–Kier alpha value is -6.81. The summed E-state index contributed by atoms with van der Waals surface area (Å²) in [6.07, 6.45) is 17.6. The Bertz CT molecular complexity index is 3200. The second-order valence-electron chi connectivity index (χ2n) is 22.9. The van der Waals surface area contributed by atoms with E-state index < -0.39 is 23.5 Å². The number of nitrogens with one attached hydrogen (secondary N) is 4. The number of nitrogens with zero attached hydrogens (tertiary/aromatic N) is 7. The number of likely N-dealkylation sites (tertiary alicyclic amines) is 3. The highest BCUT2D eigenvalue weighted by Gasteiger charge is 2.46. The van der Waals surface area contributed by atoms with Crippen LogP contribution in [-0.2, 0) is 14.4 Å². The minimum absolute atomic E-state index is 0.0144. The van der Waals surface area contributed by atoms with Crippen LogP contribution in [0.25, 0.3) is 32.9 Å². The normalized spacial score (nSPS) is 23.5. The van der Waals surface area contributed by atoms with Gasteiger partial charge in [0.05, 0.1) is 29.2 Å². The van der Waals surface area contributed by atoms with Crippen LogP contribution in [0, 0.1) is 46.6 Å². The molecule has 3 amide bonds. The zero-order chi connectivity index (χ0) is 53.1. The van der Waals surface area contributed by atoms with Crippen molar-refractivity contribution in [3.8, 4) is 35.4 Å². The number of pyridine rings is 1. The lowest BCUT2D eigenvalue weighted by Crippen LogP contribution is -2.51. The second-order valence-corrected chi connectivity index (χ2v) is 22.9. The molecular formula is C59H67F2N11O5. The van der Waals surface area contributed by atoms with Gasteiger partial charge in [-0.25, -0.2) is 8.78 Å². The van der Waals surface area contributed by atoms with Crippen molar-refractivity contribution < 1.29 is 33.0 Å². The molecule has 5 N–H and O–H groups in total. The quantitative estimate of drug-likeness (QED) is 0.0463. The SMILES string of the molecule is C#Cc1c(F)ccc2cc(O)cc(-c3ncc4c(N5CC6CCC(C5)N6)nc(OCC5(CN6CCC(C(=O)N7CCC(N8CCC(c9ccc(C(=N)C%10CCC(=O)NC%10=O)c(NC)c9)CC8)CC7)CC6)CC5)nc4c3F)c12. The standard InChI is InChI=1S/C59H67F2N11O5/c1-3-42-47(60)10-5-37-26-41(73)28-45(50(37)42)53-51(61)54-46(29-64-53)55(72-30-38-6-7-39(31-72)65-38)68-58(67-54)77-33-59(18-19-59)32-69-20-12-35(13-21-69)57(76)71-24-16-40(17-25-71)70-22-14-34(15-23-70)36-4-8-43(48(27-36)63-2)52(62)44-9-11-49(74)66-56(44)75/h1,4-5,8,10,26-29,34-35,38-40,44,62-63,65,73H,6-7,9,11-25,30-33H2,2H3,(H,66,74,75). The van der Waals surface area contributed by atoms with E-state index in [4.69, 9.17) is 26.5 Å². The van der Waals surface area contributed by atoms with E-state index in [9.17, 15) is 19.5 Å². The van der Waals surface area contributed by atoms with Gasteiger partial charge < -0.3 is 45.5 Å². The van der Waals surface area contributed by atoms with E-state index in [1.54, 1.807) is 6.20 Å². The van der Waals surface area contributed by atoms with Gasteiger partial charge in [0, 0.05) is 104 Å². The van der Waals surface area contributed by atoms with E-state index in [0.717, 1.165) is 116 Å². The van der Waals surface area contributed by atoms with Gasteiger partial charge in [0.25, 0.3) is 0 Å². The maximum atomic E-state index is 17.2. The van der Waals surface area contributed by atoms with Crippen molar-refractivity contribution in [3.05, 3.63) is 77.0 Å². The second kappa shape index (κ2) is 20.9. The van der Waals surface area contributed by atoms with Gasteiger partial charge in [-0.15, -0.1) is 6.42 Å². The van der Waals surface area contributed by atoms with E-state index >= 15 is 8.78 Å². The number of carbonyl (C=O) groups excluding carboxylic acids is 3. The van der Waals surface area contributed by atoms with Gasteiger partial charge >= 0.3 is 6.01 Å². The lowest BCUT2D eigenvalue weighted by atomic mass is 9.84. The first-order chi connectivity index (χ1) is 37.3. The van der Waals surface area contributed by atoms with Gasteiger partial charge in [-0.3, -0.25) is 24.7 Å². The van der Waals surface area contributed by atoms with E-state index in [2.05, 4.69) is 58.6 Å². The number of halogens is 2. The molecule has 0 spiro atoms. The Morgan fingerprint density at radius 2 is 1.69 bits per heavy atom. The lowest BCUT2D eigenvalue weighted by Gasteiger charge is -2.43. The predicted octanol–water partition coefficient (Wildman–Crippen LogP) is 6.95. The van der Waals surface area contributed by atoms with Crippen LogP contribution in [0.15, 0.2) is 48.7 Å². The number of fused-ring (bicyclic) bond motifs is 4. The Morgan fingerprint density at radius 3 is 2.39 bits per heavy atom. The zero-order valence-corrected chi connectivity index (χ0v) is 43.7. The fourth-order valence-electron chi connectivity index (χ4n) is 13.5. The molecule has 7 fully saturated rings. The summed E-state index contributed by atoms with van der Waals surface area (Å²) in [5, 5.41) is 30.0. The highest BCUT2D eigenvalue weighted by molar-refractivity contribution is 6.17. The number of aromatic hydroxyl groups is 1. The summed E-state index contributed by atoms with van der Waals surface area (Å²) in [5.41, 5.74) is 2.91. The van der Waals surface area contributed by atoms with Gasteiger partial charge in [-0.1, -0.05) is 24.1 Å². The molecule has 3 aromatic carbocycles. The number of rotatable bonds is 13. The Morgan fingerprint density at radius 1 is 0.935 bits per heavy atom. The molecule has 3 unspecified atom stereocenters. The van der Waals surface area contributed by atoms with Gasteiger partial charge in [-0.2, -0.15) is 9.97 Å². The lowest BCUT2D eigenvalue weighted by molar-refractivity contribution is -0.139. The first-order valence-electron chi connectivity index (χ1n) is 27.8. The Kier molecular flexibility index (Phi) is 13.8. The number of aromatic nitrogens is 3. The molecule has 77 heavy (non-hydrogen) atoms. The number of benzene rings is 3. The van der Waals surface area contributed by atoms with Crippen molar-refractivity contribution in [2.75, 3.05) is 82.8 Å². The summed E-state index contributed by atoms with van der Waals surface area (Å²) in [4.78, 5) is 61.8. The van der Waals surface area contributed by atoms with Crippen LogP contribution in [0.2, 0.25) is 0 Å². The summed E-state index contributed by atoms with van der Waals surface area (Å²) in [5.74, 6) is 0.836. The van der Waals surface area contributed by atoms with Crippen LogP contribution in [0.5, 0.6) is 11.8 Å². The number of anilines is 2. The summed E-state index contributed by atoms with van der Waals surface area (Å²) in [7, 11) is 1.84. The van der Waals surface area contributed by atoms with Crippen molar-refractivity contribution in [1.29, 1.82) is 5.41 Å². The molecule has 16 nitrogen and oxygen atoms in total. The van der Waals surface area contributed by atoms with Gasteiger partial charge in [-0.05, 0) is 138 Å². The van der Waals surface area contributed by atoms with Gasteiger partial charge in [0.2, 0.25) is 17.7 Å². The van der Waals surface area contributed by atoms with Crippen LogP contribution in [-0.4, -0.2) is 149 Å². The number of hydrogen-bond donors (Lipinski definition) is 5. The fraction of sp³-hybridized carbons (Fsp3) is 0.508. The summed E-state index contributed by atoms with van der Waals surface area (Å²) >= 11 is 0. The number of hydrogen-bond acceptors (Lipinski definition) is 14. The highest BCUT2D eigenvalue weighted by atomic mass is 19.1. The number of amides is 3. The highest BCUT2D eigenvalue weighted by Crippen LogP contribution is 2.48. The minimum Gasteiger partial charge on any atom is -0.508 e. The fourth-order valence-corrected chi connectivity index (χ4v) is 13.5.